The van der Waals surface area contributed by atoms with Crippen LogP contribution in [-0.2, 0) is 24.2 Å². The first-order chi connectivity index (χ1) is 19.3. The van der Waals surface area contributed by atoms with E-state index < -0.39 is 0 Å². The average Bonchev–Trinajstić information content (AvgIpc) is 3.60. The summed E-state index contributed by atoms with van der Waals surface area (Å²) in [5.74, 6) is 0.573. The third-order valence-corrected chi connectivity index (χ3v) is 8.72. The van der Waals surface area contributed by atoms with Crippen molar-refractivity contribution in [2.75, 3.05) is 0 Å². The summed E-state index contributed by atoms with van der Waals surface area (Å²) in [6.45, 7) is 11.3. The van der Waals surface area contributed by atoms with Crippen molar-refractivity contribution in [2.45, 2.75) is 47.5 Å². The fourth-order valence-electron chi connectivity index (χ4n) is 5.14. The van der Waals surface area contributed by atoms with Crippen molar-refractivity contribution >= 4 is 24.8 Å². The van der Waals surface area contributed by atoms with Crippen LogP contribution < -0.4 is 24.8 Å². The van der Waals surface area contributed by atoms with Gasteiger partial charge in [-0.3, -0.25) is 6.08 Å². The molecule has 0 heterocycles. The molecule has 0 amide bonds. The molecule has 5 aromatic rings. The summed E-state index contributed by atoms with van der Waals surface area (Å²) in [6, 6.07) is 40.4. The van der Waals surface area contributed by atoms with Gasteiger partial charge in [0.05, 0.1) is 0 Å². The van der Waals surface area contributed by atoms with Gasteiger partial charge in [0.1, 0.15) is 0 Å². The Bertz CT molecular complexity index is 1510. The van der Waals surface area contributed by atoms with Crippen LogP contribution in [0.3, 0.4) is 0 Å². The largest absolute Gasteiger partial charge is 0.126 e. The molecule has 0 spiro atoms. The van der Waals surface area contributed by atoms with Crippen molar-refractivity contribution in [3.8, 4) is 0 Å². The molecule has 6 rings (SSSR count). The van der Waals surface area contributed by atoms with Crippen LogP contribution in [0, 0.1) is 17.4 Å². The Balaban J connectivity index is 0.000000215. The van der Waals surface area contributed by atoms with Crippen LogP contribution >= 0.6 is 0 Å². The molecule has 0 radical (unpaired) electrons. The van der Waals surface area contributed by atoms with Crippen LogP contribution in [0.5, 0.6) is 0 Å². The van der Waals surface area contributed by atoms with E-state index in [0.717, 1.165) is 6.42 Å². The molecule has 0 aromatic heterocycles. The molecular weight excluding hydrogens is 631 g/mol. The molecule has 0 bridgehead atoms. The van der Waals surface area contributed by atoms with Crippen LogP contribution in [0.1, 0.15) is 58.6 Å². The summed E-state index contributed by atoms with van der Waals surface area (Å²) >= 11 is 1.46. The van der Waals surface area contributed by atoms with Gasteiger partial charge in [0, 0.05) is 0 Å². The predicted molar refractivity (Wildman–Crippen MR) is 172 cm³/mol. The van der Waals surface area contributed by atoms with Crippen LogP contribution in [0.15, 0.2) is 132 Å². The van der Waals surface area contributed by atoms with Crippen molar-refractivity contribution in [1.82, 2.24) is 0 Å². The maximum Gasteiger partial charge on any atom is -0.0771 e. The number of allylic oxidation sites excluding steroid dienone is 4. The summed E-state index contributed by atoms with van der Waals surface area (Å²) in [5.41, 5.74) is 5.91. The minimum Gasteiger partial charge on any atom is -0.126 e. The molecule has 0 aliphatic heterocycles. The minimum atomic E-state index is 0. The Morgan fingerprint density at radius 1 is 0.690 bits per heavy atom. The number of halogens is 2. The van der Waals surface area contributed by atoms with E-state index in [4.69, 9.17) is 0 Å². The average molecular weight is 671 g/mol. The van der Waals surface area contributed by atoms with Crippen LogP contribution in [-0.4, -0.2) is 3.21 Å². The first kappa shape index (κ1) is 35.8. The topological polar surface area (TPSA) is 0 Å². The Morgan fingerprint density at radius 3 is 1.50 bits per heavy atom. The Kier molecular flexibility index (Phi) is 14.5. The van der Waals surface area contributed by atoms with E-state index in [-0.39, 0.29) is 24.8 Å². The van der Waals surface area contributed by atoms with Crippen LogP contribution in [0.4, 0.5) is 0 Å². The maximum atomic E-state index is 3.57. The van der Waals surface area contributed by atoms with Gasteiger partial charge in [-0.25, -0.2) is 5.57 Å². The zero-order valence-corrected chi connectivity index (χ0v) is 29.3. The first-order valence-electron chi connectivity index (χ1n) is 14.4. The second-order valence-electron chi connectivity index (χ2n) is 11.2. The molecule has 5 aromatic carbocycles. The van der Waals surface area contributed by atoms with Gasteiger partial charge >= 0.3 is 99.2 Å². The van der Waals surface area contributed by atoms with Gasteiger partial charge < -0.3 is 24.8 Å². The van der Waals surface area contributed by atoms with Crippen molar-refractivity contribution in [2.24, 2.45) is 11.3 Å². The fourth-order valence-corrected chi connectivity index (χ4v) is 5.96. The van der Waals surface area contributed by atoms with Crippen LogP contribution in [0.2, 0.25) is 0 Å². The molecule has 42 heavy (non-hydrogen) atoms. The van der Waals surface area contributed by atoms with Gasteiger partial charge in [-0.2, -0.15) is 11.6 Å². The molecule has 1 atom stereocenters. The number of hydrogen-bond acceptors (Lipinski definition) is 0. The second kappa shape index (κ2) is 17.0. The van der Waals surface area contributed by atoms with E-state index in [1.54, 1.807) is 0 Å². The maximum absolute atomic E-state index is 3.57. The van der Waals surface area contributed by atoms with Crippen molar-refractivity contribution in [1.29, 1.82) is 0 Å². The Morgan fingerprint density at radius 2 is 1.12 bits per heavy atom. The summed E-state index contributed by atoms with van der Waals surface area (Å²) in [7, 11) is 0. The molecule has 3 heteroatoms. The minimum absolute atomic E-state index is 0. The van der Waals surface area contributed by atoms with Crippen molar-refractivity contribution in [3.05, 3.63) is 150 Å². The normalized spacial score (nSPS) is 13.8. The quantitative estimate of drug-likeness (QED) is 0.244. The zero-order chi connectivity index (χ0) is 28.5. The van der Waals surface area contributed by atoms with E-state index in [1.165, 1.54) is 77.7 Å². The zero-order valence-electron chi connectivity index (χ0n) is 25.3. The molecule has 0 saturated heterocycles. The molecule has 0 N–H and O–H groups in total. The van der Waals surface area contributed by atoms with E-state index in [1.807, 2.05) is 0 Å². The van der Waals surface area contributed by atoms with E-state index in [9.17, 15) is 0 Å². The summed E-state index contributed by atoms with van der Waals surface area (Å²) in [4.78, 5) is 0. The molecule has 1 aliphatic rings. The number of rotatable bonds is 4. The van der Waals surface area contributed by atoms with Gasteiger partial charge in [0.15, 0.2) is 0 Å². The van der Waals surface area contributed by atoms with Gasteiger partial charge in [0.25, 0.3) is 0 Å². The SMILES string of the molecule is CCC1=[C-]C(CC)C=C1C(C)(C)C.[Cl-].[Cl-].[Zr+2]=[C](c1ccccc1)c1ccccc1.c1ccc2c(c1)[cH-]c1ccccc12. The molecule has 0 nitrogen and oxygen atoms in total. The monoisotopic (exact) mass is 668 g/mol. The number of fused-ring (bicyclic) bond motifs is 3. The van der Waals surface area contributed by atoms with Gasteiger partial charge in [-0.1, -0.05) is 95.2 Å². The second-order valence-corrected chi connectivity index (χ2v) is 12.5. The van der Waals surface area contributed by atoms with E-state index >= 15 is 0 Å². The van der Waals surface area contributed by atoms with Crippen LogP contribution in [0.25, 0.3) is 21.5 Å². The summed E-state index contributed by atoms with van der Waals surface area (Å²) in [6.07, 6.45) is 8.28. The first-order valence-corrected chi connectivity index (χ1v) is 15.6. The van der Waals surface area contributed by atoms with E-state index in [2.05, 4.69) is 162 Å². The van der Waals surface area contributed by atoms with Gasteiger partial charge in [-0.15, -0.1) is 39.7 Å². The van der Waals surface area contributed by atoms with Gasteiger partial charge in [-0.05, 0) is 0 Å². The molecule has 1 aliphatic carbocycles. The van der Waals surface area contributed by atoms with E-state index in [0.29, 0.717) is 11.3 Å². The third-order valence-electron chi connectivity index (χ3n) is 7.30. The smallest absolute Gasteiger partial charge is 0.0771 e. The molecule has 0 fully saturated rings. The molecule has 0 saturated carbocycles. The summed E-state index contributed by atoms with van der Waals surface area (Å²) < 4.78 is 1.42. The predicted octanol–water partition coefficient (Wildman–Crippen LogP) is 4.66. The Labute approximate surface area is 280 Å². The Hall–Kier alpha value is -2.44. The molecular formula is C39H40Cl2Zr-2. The number of hydrogen-bond donors (Lipinski definition) is 0. The van der Waals surface area contributed by atoms with Gasteiger partial charge in [0.2, 0.25) is 0 Å². The van der Waals surface area contributed by atoms with Crippen molar-refractivity contribution < 1.29 is 49.0 Å². The molecule has 1 unspecified atom stereocenters. The summed E-state index contributed by atoms with van der Waals surface area (Å²) in [5, 5.41) is 5.39. The fraction of sp³-hybridized carbons (Fsp3) is 0.231. The molecule has 216 valence electrons. The number of benzene rings is 4. The third kappa shape index (κ3) is 9.28. The standard InChI is InChI=1S/C13H9.C13H10.C13H21.2ClH.Zr/c1-3-7-12-10(5-1)9-11-6-2-4-8-13(11)12;1-3-7-12(8-4-1)11-13-9-5-2-6-10-13;1-6-10-8-11(7-2)12(9-10)13(3,4)5;;;/h1-9H;1-10H;9-10H,6-7H2,1-5H3;2*1H;/q-1;;-1;;;+2/p-2. The van der Waals surface area contributed by atoms with Crippen molar-refractivity contribution in [3.63, 3.8) is 0 Å².